The molecule has 2 nitrogen and oxygen atoms in total. The second-order valence-electron chi connectivity index (χ2n) is 6.51. The predicted molar refractivity (Wildman–Crippen MR) is 107 cm³/mol. The minimum atomic E-state index is -0.303. The van der Waals surface area contributed by atoms with Crippen molar-refractivity contribution in [3.63, 3.8) is 0 Å². The molecule has 0 aliphatic heterocycles. The standard InChI is InChI=1S/C18H19Br3N2/c1-17(2,20)14-13(10-22)15(23-16(14)18(3,4)21)12-7-5-11(9-19)6-8-12/h5-8,23H,9H2,1-4H3. The fraction of sp³-hybridized carbons (Fsp3) is 0.389. The average Bonchev–Trinajstić information content (AvgIpc) is 2.87. The van der Waals surface area contributed by atoms with Crippen molar-refractivity contribution in [3.05, 3.63) is 46.6 Å². The molecule has 1 N–H and O–H groups in total. The van der Waals surface area contributed by atoms with E-state index in [1.54, 1.807) is 0 Å². The van der Waals surface area contributed by atoms with Gasteiger partial charge >= 0.3 is 0 Å². The number of nitrogens with zero attached hydrogens (tertiary/aromatic N) is 1. The van der Waals surface area contributed by atoms with Gasteiger partial charge in [-0.25, -0.2) is 0 Å². The van der Waals surface area contributed by atoms with Crippen LogP contribution in [0.4, 0.5) is 0 Å². The van der Waals surface area contributed by atoms with Gasteiger partial charge < -0.3 is 4.98 Å². The molecular formula is C18H19Br3N2. The molecule has 0 unspecified atom stereocenters. The number of aromatic nitrogens is 1. The maximum atomic E-state index is 9.79. The summed E-state index contributed by atoms with van der Waals surface area (Å²) < 4.78 is -0.560. The molecule has 0 atom stereocenters. The Morgan fingerprint density at radius 1 is 1.04 bits per heavy atom. The molecule has 0 saturated heterocycles. The Bertz CT molecular complexity index is 739. The molecule has 5 heteroatoms. The number of nitrogens with one attached hydrogen (secondary N) is 1. The summed E-state index contributed by atoms with van der Waals surface area (Å²) in [7, 11) is 0. The zero-order valence-electron chi connectivity index (χ0n) is 13.6. The van der Waals surface area contributed by atoms with E-state index in [4.69, 9.17) is 0 Å². The third-order valence-corrected chi connectivity index (χ3v) is 5.14. The summed E-state index contributed by atoms with van der Waals surface area (Å²) in [6, 6.07) is 10.7. The van der Waals surface area contributed by atoms with Gasteiger partial charge in [0.15, 0.2) is 0 Å². The lowest BCUT2D eigenvalue weighted by molar-refractivity contribution is 0.714. The van der Waals surface area contributed by atoms with Crippen LogP contribution in [-0.4, -0.2) is 4.98 Å². The molecule has 0 radical (unpaired) electrons. The molecule has 0 fully saturated rings. The Balaban J connectivity index is 2.74. The molecule has 122 valence electrons. The summed E-state index contributed by atoms with van der Waals surface area (Å²) in [5.41, 5.74) is 5.82. The van der Waals surface area contributed by atoms with E-state index in [0.717, 1.165) is 27.8 Å². The topological polar surface area (TPSA) is 39.6 Å². The number of rotatable bonds is 4. The number of hydrogen-bond acceptors (Lipinski definition) is 1. The Morgan fingerprint density at radius 3 is 2.00 bits per heavy atom. The number of nitriles is 1. The van der Waals surface area contributed by atoms with Crippen LogP contribution in [0.5, 0.6) is 0 Å². The highest BCUT2D eigenvalue weighted by atomic mass is 79.9. The molecule has 1 aromatic heterocycles. The van der Waals surface area contributed by atoms with Gasteiger partial charge in [0, 0.05) is 20.9 Å². The quantitative estimate of drug-likeness (QED) is 0.464. The summed E-state index contributed by atoms with van der Waals surface area (Å²) >= 11 is 10.9. The fourth-order valence-electron chi connectivity index (χ4n) is 2.63. The maximum absolute atomic E-state index is 9.79. The third-order valence-electron chi connectivity index (χ3n) is 3.70. The van der Waals surface area contributed by atoms with Crippen LogP contribution in [-0.2, 0) is 14.0 Å². The van der Waals surface area contributed by atoms with Crippen molar-refractivity contribution in [1.29, 1.82) is 5.26 Å². The van der Waals surface area contributed by atoms with Gasteiger partial charge in [0.1, 0.15) is 6.07 Å². The van der Waals surface area contributed by atoms with Crippen LogP contribution in [0, 0.1) is 11.3 Å². The fourth-order valence-corrected chi connectivity index (χ4v) is 3.70. The van der Waals surface area contributed by atoms with Crippen LogP contribution in [0.1, 0.15) is 50.1 Å². The van der Waals surface area contributed by atoms with Crippen LogP contribution < -0.4 is 0 Å². The first-order chi connectivity index (χ1) is 10.6. The number of aromatic amines is 1. The summed E-state index contributed by atoms with van der Waals surface area (Å²) in [6.45, 7) is 8.30. The molecular weight excluding hydrogens is 484 g/mol. The first-order valence-corrected chi connectivity index (χ1v) is 10.0. The lowest BCUT2D eigenvalue weighted by Gasteiger charge is -2.24. The highest BCUT2D eigenvalue weighted by Crippen LogP contribution is 2.45. The van der Waals surface area contributed by atoms with Gasteiger partial charge in [-0.05, 0) is 38.8 Å². The van der Waals surface area contributed by atoms with E-state index in [9.17, 15) is 5.26 Å². The highest BCUT2D eigenvalue weighted by molar-refractivity contribution is 9.10. The van der Waals surface area contributed by atoms with Crippen molar-refractivity contribution < 1.29 is 0 Å². The van der Waals surface area contributed by atoms with Crippen LogP contribution in [0.3, 0.4) is 0 Å². The predicted octanol–water partition coefficient (Wildman–Crippen LogP) is 6.71. The Labute approximate surface area is 163 Å². The molecule has 1 aromatic carbocycles. The molecule has 0 saturated carbocycles. The number of halogens is 3. The van der Waals surface area contributed by atoms with Gasteiger partial charge in [-0.2, -0.15) is 5.26 Å². The summed E-state index contributed by atoms with van der Waals surface area (Å²) in [4.78, 5) is 3.49. The minimum Gasteiger partial charge on any atom is -0.356 e. The smallest absolute Gasteiger partial charge is 0.102 e. The normalized spacial score (nSPS) is 12.3. The van der Waals surface area contributed by atoms with E-state index < -0.39 is 0 Å². The third kappa shape index (κ3) is 3.92. The van der Waals surface area contributed by atoms with Crippen molar-refractivity contribution in [1.82, 2.24) is 4.98 Å². The Morgan fingerprint density at radius 2 is 1.61 bits per heavy atom. The van der Waals surface area contributed by atoms with Crippen LogP contribution in [0.15, 0.2) is 24.3 Å². The lowest BCUT2D eigenvalue weighted by atomic mass is 9.92. The molecule has 2 rings (SSSR count). The van der Waals surface area contributed by atoms with E-state index in [1.807, 2.05) is 0 Å². The Hall–Kier alpha value is -0.570. The number of hydrogen-bond donors (Lipinski definition) is 1. The monoisotopic (exact) mass is 500 g/mol. The van der Waals surface area contributed by atoms with Gasteiger partial charge in [-0.3, -0.25) is 0 Å². The van der Waals surface area contributed by atoms with E-state index in [0.29, 0.717) is 5.56 Å². The zero-order chi connectivity index (χ0) is 17.4. The second kappa shape index (κ2) is 6.74. The molecule has 2 aromatic rings. The van der Waals surface area contributed by atoms with Crippen molar-refractivity contribution in [2.45, 2.75) is 41.7 Å². The maximum Gasteiger partial charge on any atom is 0.102 e. The van der Waals surface area contributed by atoms with Gasteiger partial charge in [0.05, 0.1) is 15.6 Å². The summed E-state index contributed by atoms with van der Waals surface area (Å²) in [6.07, 6.45) is 0. The van der Waals surface area contributed by atoms with E-state index >= 15 is 0 Å². The van der Waals surface area contributed by atoms with Crippen LogP contribution in [0.2, 0.25) is 0 Å². The minimum absolute atomic E-state index is 0.257. The highest BCUT2D eigenvalue weighted by Gasteiger charge is 2.34. The van der Waals surface area contributed by atoms with Crippen molar-refractivity contribution in [2.24, 2.45) is 0 Å². The van der Waals surface area contributed by atoms with E-state index in [2.05, 4.69) is 111 Å². The molecule has 0 spiro atoms. The largest absolute Gasteiger partial charge is 0.356 e. The molecule has 0 bridgehead atoms. The number of alkyl halides is 3. The van der Waals surface area contributed by atoms with Crippen molar-refractivity contribution >= 4 is 47.8 Å². The summed E-state index contributed by atoms with van der Waals surface area (Å²) in [5, 5.41) is 10.6. The van der Waals surface area contributed by atoms with Gasteiger partial charge in [0.25, 0.3) is 0 Å². The molecule has 23 heavy (non-hydrogen) atoms. The first-order valence-electron chi connectivity index (χ1n) is 7.29. The van der Waals surface area contributed by atoms with Gasteiger partial charge in [-0.1, -0.05) is 72.1 Å². The number of benzene rings is 1. The zero-order valence-corrected chi connectivity index (χ0v) is 18.4. The Kier molecular flexibility index (Phi) is 5.50. The van der Waals surface area contributed by atoms with E-state index in [-0.39, 0.29) is 8.65 Å². The number of H-pyrrole nitrogens is 1. The van der Waals surface area contributed by atoms with Crippen LogP contribution >= 0.6 is 47.8 Å². The molecule has 0 aliphatic rings. The summed E-state index contributed by atoms with van der Waals surface area (Å²) in [5.74, 6) is 0. The molecule has 0 aliphatic carbocycles. The average molecular weight is 503 g/mol. The molecule has 0 amide bonds. The first kappa shape index (κ1) is 18.8. The lowest BCUT2D eigenvalue weighted by Crippen LogP contribution is -2.17. The van der Waals surface area contributed by atoms with Crippen molar-refractivity contribution in [2.75, 3.05) is 0 Å². The SMILES string of the molecule is CC(C)(Br)c1[nH]c(-c2ccc(CBr)cc2)c(C#N)c1C(C)(C)Br. The van der Waals surface area contributed by atoms with Crippen molar-refractivity contribution in [3.8, 4) is 17.3 Å². The van der Waals surface area contributed by atoms with Crippen LogP contribution in [0.25, 0.3) is 11.3 Å². The van der Waals surface area contributed by atoms with E-state index in [1.165, 1.54) is 5.56 Å². The van der Waals surface area contributed by atoms with Gasteiger partial charge in [0.2, 0.25) is 0 Å². The van der Waals surface area contributed by atoms with Gasteiger partial charge in [-0.15, -0.1) is 0 Å². The molecule has 1 heterocycles. The second-order valence-corrected chi connectivity index (χ2v) is 11.0.